The summed E-state index contributed by atoms with van der Waals surface area (Å²) in [6.45, 7) is 7.81. The molecule has 1 aromatic heterocycles. The molecule has 1 aromatic rings. The van der Waals surface area contributed by atoms with Crippen molar-refractivity contribution in [3.63, 3.8) is 0 Å². The lowest BCUT2D eigenvalue weighted by Crippen LogP contribution is -2.55. The SMILES string of the molecule is CCOC(=O)N1CCC2(CC(N3CCC([C@@H]4CCCN4c4ccncc4)CC3)C2)C1. The normalized spacial score (nSPS) is 32.6. The first-order valence-electron chi connectivity index (χ1n) is 12.0. The minimum absolute atomic E-state index is 0.117. The van der Waals surface area contributed by atoms with Gasteiger partial charge in [0.2, 0.25) is 0 Å². The lowest BCUT2D eigenvalue weighted by molar-refractivity contribution is -0.0109. The Morgan fingerprint density at radius 2 is 1.90 bits per heavy atom. The summed E-state index contributed by atoms with van der Waals surface area (Å²) in [4.78, 5) is 23.5. The lowest BCUT2D eigenvalue weighted by atomic mass is 9.64. The first-order chi connectivity index (χ1) is 14.7. The van der Waals surface area contributed by atoms with Gasteiger partial charge in [0, 0.05) is 49.8 Å². The molecular formula is C24H36N4O2. The molecule has 0 unspecified atom stereocenters. The van der Waals surface area contributed by atoms with E-state index >= 15 is 0 Å². The van der Waals surface area contributed by atoms with E-state index in [0.29, 0.717) is 18.1 Å². The van der Waals surface area contributed by atoms with Gasteiger partial charge in [0.05, 0.1) is 6.61 Å². The molecule has 0 aromatic carbocycles. The molecule has 30 heavy (non-hydrogen) atoms. The number of carbonyl (C=O) groups excluding carboxylic acids is 1. The van der Waals surface area contributed by atoms with E-state index in [9.17, 15) is 4.79 Å². The molecule has 1 aliphatic carbocycles. The third kappa shape index (κ3) is 3.79. The number of hydrogen-bond acceptors (Lipinski definition) is 5. The molecule has 0 bridgehead atoms. The van der Waals surface area contributed by atoms with Gasteiger partial charge in [-0.1, -0.05) is 0 Å². The van der Waals surface area contributed by atoms with Crippen molar-refractivity contribution < 1.29 is 9.53 Å². The predicted molar refractivity (Wildman–Crippen MR) is 118 cm³/mol. The Hall–Kier alpha value is -1.82. The van der Waals surface area contributed by atoms with Crippen LogP contribution in [0.2, 0.25) is 0 Å². The highest BCUT2D eigenvalue weighted by Gasteiger charge is 2.51. The van der Waals surface area contributed by atoms with E-state index in [1.54, 1.807) is 0 Å². The minimum Gasteiger partial charge on any atom is -0.450 e. The van der Waals surface area contributed by atoms with Crippen LogP contribution in [0.25, 0.3) is 0 Å². The smallest absolute Gasteiger partial charge is 0.409 e. The van der Waals surface area contributed by atoms with Gasteiger partial charge in [-0.05, 0) is 88.4 Å². The van der Waals surface area contributed by atoms with Crippen LogP contribution in [0.4, 0.5) is 10.5 Å². The van der Waals surface area contributed by atoms with E-state index in [1.807, 2.05) is 24.2 Å². The highest BCUT2D eigenvalue weighted by molar-refractivity contribution is 5.68. The predicted octanol–water partition coefficient (Wildman–Crippen LogP) is 3.77. The average molecular weight is 413 g/mol. The molecule has 4 heterocycles. The highest BCUT2D eigenvalue weighted by Crippen LogP contribution is 2.51. The molecule has 1 amide bonds. The van der Waals surface area contributed by atoms with Gasteiger partial charge in [0.25, 0.3) is 0 Å². The number of piperidine rings is 1. The summed E-state index contributed by atoms with van der Waals surface area (Å²) in [7, 11) is 0. The summed E-state index contributed by atoms with van der Waals surface area (Å²) in [6, 6.07) is 5.77. The molecule has 6 heteroatoms. The second-order valence-corrected chi connectivity index (χ2v) is 9.91. The van der Waals surface area contributed by atoms with E-state index in [2.05, 4.69) is 26.9 Å². The standard InChI is InChI=1S/C24H36N4O2/c1-2-30-23(29)27-15-9-24(18-27)16-21(17-24)26-13-7-19(8-14-26)22-4-3-12-28(22)20-5-10-25-11-6-20/h5-6,10-11,19,21-22H,2-4,7-9,12-18H2,1H3/t21?,22-,24?/m0/s1. The van der Waals surface area contributed by atoms with Crippen LogP contribution in [0.3, 0.4) is 0 Å². The topological polar surface area (TPSA) is 48.9 Å². The van der Waals surface area contributed by atoms with Gasteiger partial charge in [-0.25, -0.2) is 4.79 Å². The zero-order valence-electron chi connectivity index (χ0n) is 18.3. The van der Waals surface area contributed by atoms with Gasteiger partial charge in [-0.2, -0.15) is 0 Å². The van der Waals surface area contributed by atoms with Crippen molar-refractivity contribution in [2.75, 3.05) is 44.2 Å². The third-order valence-electron chi connectivity index (χ3n) is 8.23. The molecule has 0 N–H and O–H groups in total. The monoisotopic (exact) mass is 412 g/mol. The minimum atomic E-state index is -0.117. The molecule has 3 saturated heterocycles. The fourth-order valence-electron chi connectivity index (χ4n) is 6.65. The number of rotatable bonds is 4. The maximum Gasteiger partial charge on any atom is 0.409 e. The maximum atomic E-state index is 12.0. The van der Waals surface area contributed by atoms with Crippen LogP contribution < -0.4 is 4.90 Å². The number of anilines is 1. The Balaban J connectivity index is 1.11. The molecule has 164 valence electrons. The Labute approximate surface area is 180 Å². The summed E-state index contributed by atoms with van der Waals surface area (Å²) < 4.78 is 5.20. The fourth-order valence-corrected chi connectivity index (χ4v) is 6.65. The van der Waals surface area contributed by atoms with E-state index in [0.717, 1.165) is 31.5 Å². The number of pyridine rings is 1. The first-order valence-corrected chi connectivity index (χ1v) is 12.0. The zero-order chi connectivity index (χ0) is 20.6. The molecule has 1 spiro atoms. The summed E-state index contributed by atoms with van der Waals surface area (Å²) in [6.07, 6.45) is 12.7. The van der Waals surface area contributed by atoms with Crippen LogP contribution in [0.1, 0.15) is 51.9 Å². The molecular weight excluding hydrogens is 376 g/mol. The van der Waals surface area contributed by atoms with Crippen molar-refractivity contribution in [3.05, 3.63) is 24.5 Å². The highest BCUT2D eigenvalue weighted by atomic mass is 16.6. The zero-order valence-corrected chi connectivity index (χ0v) is 18.3. The molecule has 3 aliphatic heterocycles. The van der Waals surface area contributed by atoms with Crippen molar-refractivity contribution in [2.45, 2.75) is 64.0 Å². The van der Waals surface area contributed by atoms with Gasteiger partial charge < -0.3 is 19.4 Å². The van der Waals surface area contributed by atoms with Gasteiger partial charge in [-0.15, -0.1) is 0 Å². The Morgan fingerprint density at radius 3 is 2.63 bits per heavy atom. The van der Waals surface area contributed by atoms with E-state index in [-0.39, 0.29) is 6.09 Å². The number of likely N-dealkylation sites (tertiary alicyclic amines) is 2. The second kappa shape index (κ2) is 8.37. The quantitative estimate of drug-likeness (QED) is 0.753. The Kier molecular flexibility index (Phi) is 5.61. The molecule has 4 aliphatic rings. The van der Waals surface area contributed by atoms with Crippen molar-refractivity contribution in [3.8, 4) is 0 Å². The molecule has 0 radical (unpaired) electrons. The summed E-state index contributed by atoms with van der Waals surface area (Å²) in [5.41, 5.74) is 1.72. The third-order valence-corrected chi connectivity index (χ3v) is 8.23. The molecule has 1 saturated carbocycles. The van der Waals surface area contributed by atoms with Crippen LogP contribution in [0.5, 0.6) is 0 Å². The molecule has 4 fully saturated rings. The molecule has 1 atom stereocenters. The molecule has 6 nitrogen and oxygen atoms in total. The average Bonchev–Trinajstić information content (AvgIpc) is 3.42. The Morgan fingerprint density at radius 1 is 1.13 bits per heavy atom. The van der Waals surface area contributed by atoms with Crippen LogP contribution >= 0.6 is 0 Å². The van der Waals surface area contributed by atoms with E-state index in [4.69, 9.17) is 4.74 Å². The van der Waals surface area contributed by atoms with E-state index < -0.39 is 0 Å². The number of carbonyl (C=O) groups is 1. The summed E-state index contributed by atoms with van der Waals surface area (Å²) >= 11 is 0. The van der Waals surface area contributed by atoms with Crippen molar-refractivity contribution >= 4 is 11.8 Å². The van der Waals surface area contributed by atoms with E-state index in [1.165, 1.54) is 63.8 Å². The van der Waals surface area contributed by atoms with Crippen LogP contribution in [-0.4, -0.2) is 72.3 Å². The lowest BCUT2D eigenvalue weighted by Gasteiger charge is -2.52. The summed E-state index contributed by atoms with van der Waals surface area (Å²) in [5, 5.41) is 0. The number of ether oxygens (including phenoxy) is 1. The van der Waals surface area contributed by atoms with Gasteiger partial charge >= 0.3 is 6.09 Å². The second-order valence-electron chi connectivity index (χ2n) is 9.91. The first kappa shape index (κ1) is 20.1. The van der Waals surface area contributed by atoms with Crippen LogP contribution in [-0.2, 0) is 4.74 Å². The summed E-state index contributed by atoms with van der Waals surface area (Å²) in [5.74, 6) is 0.816. The number of aromatic nitrogens is 1. The van der Waals surface area contributed by atoms with Gasteiger partial charge in [-0.3, -0.25) is 4.98 Å². The number of amides is 1. The number of nitrogens with zero attached hydrogens (tertiary/aromatic N) is 4. The Bertz CT molecular complexity index is 728. The van der Waals surface area contributed by atoms with Crippen molar-refractivity contribution in [2.24, 2.45) is 11.3 Å². The maximum absolute atomic E-state index is 12.0. The van der Waals surface area contributed by atoms with Gasteiger partial charge in [0.1, 0.15) is 0 Å². The number of hydrogen-bond donors (Lipinski definition) is 0. The largest absolute Gasteiger partial charge is 0.450 e. The van der Waals surface area contributed by atoms with Crippen molar-refractivity contribution in [1.29, 1.82) is 0 Å². The fraction of sp³-hybridized carbons (Fsp3) is 0.750. The van der Waals surface area contributed by atoms with Crippen molar-refractivity contribution in [1.82, 2.24) is 14.8 Å². The van der Waals surface area contributed by atoms with Gasteiger partial charge in [0.15, 0.2) is 0 Å². The molecule has 5 rings (SSSR count). The van der Waals surface area contributed by atoms with Crippen LogP contribution in [0.15, 0.2) is 24.5 Å². The van der Waals surface area contributed by atoms with Crippen LogP contribution in [0, 0.1) is 11.3 Å².